The van der Waals surface area contributed by atoms with Gasteiger partial charge in [0.05, 0.1) is 5.60 Å². The minimum atomic E-state index is -0.728. The highest BCUT2D eigenvalue weighted by Crippen LogP contribution is 2.30. The van der Waals surface area contributed by atoms with Crippen LogP contribution in [-0.4, -0.2) is 42.4 Å². The number of carbonyl (C=O) groups is 1. The number of carbonyl (C=O) groups excluding carboxylic acids is 1. The number of fused-ring (bicyclic) bond motifs is 1. The Bertz CT molecular complexity index is 691. The highest BCUT2D eigenvalue weighted by Gasteiger charge is 2.34. The fraction of sp³-hybridized carbons (Fsp3) is 0.467. The van der Waals surface area contributed by atoms with E-state index in [4.69, 9.17) is 4.42 Å². The first-order valence-electron chi connectivity index (χ1n) is 7.30. The largest absolute Gasteiger partial charge is 0.423 e. The number of amides is 2. The van der Waals surface area contributed by atoms with Gasteiger partial charge in [-0.15, -0.1) is 0 Å². The molecule has 22 heavy (non-hydrogen) atoms. The van der Waals surface area contributed by atoms with Gasteiger partial charge in [-0.2, -0.15) is 4.98 Å². The maximum atomic E-state index is 11.9. The number of rotatable bonds is 4. The van der Waals surface area contributed by atoms with Gasteiger partial charge in [0.25, 0.3) is 6.01 Å². The number of anilines is 2. The Morgan fingerprint density at radius 1 is 1.45 bits per heavy atom. The topological polar surface area (TPSA) is 90.6 Å². The van der Waals surface area contributed by atoms with Crippen molar-refractivity contribution in [3.05, 3.63) is 18.2 Å². The summed E-state index contributed by atoms with van der Waals surface area (Å²) in [6.07, 6.45) is 2.49. The van der Waals surface area contributed by atoms with Gasteiger partial charge in [0, 0.05) is 26.3 Å². The molecular weight excluding hydrogens is 284 g/mol. The standard InChI is InChI=1S/C15H20N4O3/c1-19(2)14-18-11-8-10(4-5-12(11)22-14)17-13(20)16-9-15(21)6-3-7-15/h4-5,8,21H,3,6-7,9H2,1-2H3,(H2,16,17,20). The zero-order chi connectivity index (χ0) is 15.7. The summed E-state index contributed by atoms with van der Waals surface area (Å²) in [7, 11) is 3.70. The number of nitrogens with zero attached hydrogens (tertiary/aromatic N) is 2. The molecule has 2 amide bonds. The lowest BCUT2D eigenvalue weighted by atomic mass is 9.80. The number of hydrogen-bond acceptors (Lipinski definition) is 5. The Hall–Kier alpha value is -2.28. The maximum Gasteiger partial charge on any atom is 0.319 e. The van der Waals surface area contributed by atoms with E-state index in [1.165, 1.54) is 0 Å². The maximum absolute atomic E-state index is 11.9. The van der Waals surface area contributed by atoms with Crippen molar-refractivity contribution in [2.45, 2.75) is 24.9 Å². The van der Waals surface area contributed by atoms with E-state index >= 15 is 0 Å². The van der Waals surface area contributed by atoms with Crippen LogP contribution in [0.15, 0.2) is 22.6 Å². The summed E-state index contributed by atoms with van der Waals surface area (Å²) in [4.78, 5) is 18.0. The third kappa shape index (κ3) is 2.99. The monoisotopic (exact) mass is 304 g/mol. The summed E-state index contributed by atoms with van der Waals surface area (Å²) in [6, 6.07) is 5.46. The molecule has 0 unspecified atom stereocenters. The highest BCUT2D eigenvalue weighted by molar-refractivity contribution is 5.91. The first-order chi connectivity index (χ1) is 10.5. The average molecular weight is 304 g/mol. The third-order valence-corrected chi connectivity index (χ3v) is 3.88. The lowest BCUT2D eigenvalue weighted by molar-refractivity contribution is -0.0287. The van der Waals surface area contributed by atoms with Gasteiger partial charge in [-0.3, -0.25) is 0 Å². The van der Waals surface area contributed by atoms with Crippen molar-refractivity contribution < 1.29 is 14.3 Å². The minimum absolute atomic E-state index is 0.274. The molecule has 0 spiro atoms. The van der Waals surface area contributed by atoms with Crippen LogP contribution in [0.2, 0.25) is 0 Å². The molecule has 1 aromatic heterocycles. The van der Waals surface area contributed by atoms with Crippen LogP contribution in [0.4, 0.5) is 16.5 Å². The number of aromatic nitrogens is 1. The van der Waals surface area contributed by atoms with Crippen LogP contribution in [0, 0.1) is 0 Å². The van der Waals surface area contributed by atoms with Gasteiger partial charge in [0.2, 0.25) is 0 Å². The van der Waals surface area contributed by atoms with Crippen molar-refractivity contribution in [1.29, 1.82) is 0 Å². The summed E-state index contributed by atoms with van der Waals surface area (Å²) in [6.45, 7) is 0.274. The van der Waals surface area contributed by atoms with E-state index in [-0.39, 0.29) is 12.6 Å². The molecule has 118 valence electrons. The molecule has 1 saturated carbocycles. The van der Waals surface area contributed by atoms with Crippen molar-refractivity contribution in [1.82, 2.24) is 10.3 Å². The molecule has 1 fully saturated rings. The third-order valence-electron chi connectivity index (χ3n) is 3.88. The van der Waals surface area contributed by atoms with Gasteiger partial charge < -0.3 is 25.1 Å². The molecule has 3 rings (SSSR count). The Morgan fingerprint density at radius 3 is 2.86 bits per heavy atom. The summed E-state index contributed by atoms with van der Waals surface area (Å²) >= 11 is 0. The minimum Gasteiger partial charge on any atom is -0.423 e. The number of oxazole rings is 1. The molecule has 3 N–H and O–H groups in total. The Balaban J connectivity index is 1.64. The van der Waals surface area contributed by atoms with Gasteiger partial charge in [0.15, 0.2) is 5.58 Å². The van der Waals surface area contributed by atoms with Gasteiger partial charge >= 0.3 is 6.03 Å². The van der Waals surface area contributed by atoms with Crippen molar-refractivity contribution in [3.63, 3.8) is 0 Å². The second-order valence-electron chi connectivity index (χ2n) is 5.96. The molecule has 0 radical (unpaired) electrons. The predicted octanol–water partition coefficient (Wildman–Crippen LogP) is 1.93. The molecule has 1 aliphatic rings. The molecular formula is C15H20N4O3. The summed E-state index contributed by atoms with van der Waals surface area (Å²) in [5, 5.41) is 15.4. The predicted molar refractivity (Wildman–Crippen MR) is 84.2 cm³/mol. The molecule has 0 aliphatic heterocycles. The first kappa shape index (κ1) is 14.6. The zero-order valence-corrected chi connectivity index (χ0v) is 12.7. The summed E-state index contributed by atoms with van der Waals surface area (Å²) in [5.41, 5.74) is 1.25. The number of aliphatic hydroxyl groups is 1. The van der Waals surface area contributed by atoms with Crippen molar-refractivity contribution >= 4 is 28.8 Å². The van der Waals surface area contributed by atoms with Gasteiger partial charge in [-0.05, 0) is 37.5 Å². The molecule has 1 heterocycles. The molecule has 1 aromatic carbocycles. The Kier molecular flexibility index (Phi) is 3.66. The molecule has 0 bridgehead atoms. The number of nitrogens with one attached hydrogen (secondary N) is 2. The van der Waals surface area contributed by atoms with E-state index in [2.05, 4.69) is 15.6 Å². The second-order valence-corrected chi connectivity index (χ2v) is 5.96. The highest BCUT2D eigenvalue weighted by atomic mass is 16.4. The Morgan fingerprint density at radius 2 is 2.23 bits per heavy atom. The fourth-order valence-corrected chi connectivity index (χ4v) is 2.37. The smallest absolute Gasteiger partial charge is 0.319 e. The SMILES string of the molecule is CN(C)c1nc2cc(NC(=O)NCC3(O)CCC3)ccc2o1. The zero-order valence-electron chi connectivity index (χ0n) is 12.7. The van der Waals surface area contributed by atoms with Gasteiger partial charge in [0.1, 0.15) is 5.52 Å². The quantitative estimate of drug-likeness (QED) is 0.803. The van der Waals surface area contributed by atoms with Crippen LogP contribution < -0.4 is 15.5 Å². The lowest BCUT2D eigenvalue weighted by Gasteiger charge is -2.36. The van der Waals surface area contributed by atoms with Gasteiger partial charge in [-0.25, -0.2) is 4.79 Å². The molecule has 0 atom stereocenters. The lowest BCUT2D eigenvalue weighted by Crippen LogP contribution is -2.48. The molecule has 7 heteroatoms. The van der Waals surface area contributed by atoms with Crippen molar-refractivity contribution in [3.8, 4) is 0 Å². The Labute approximate surface area is 128 Å². The van der Waals surface area contributed by atoms with Crippen molar-refractivity contribution in [2.75, 3.05) is 30.9 Å². The summed E-state index contributed by atoms with van der Waals surface area (Å²) < 4.78 is 5.56. The van der Waals surface area contributed by atoms with Crippen LogP contribution in [0.3, 0.4) is 0 Å². The van der Waals surface area contributed by atoms with Crippen LogP contribution in [0.25, 0.3) is 11.1 Å². The van der Waals surface area contributed by atoms with E-state index in [9.17, 15) is 9.90 Å². The van der Waals surface area contributed by atoms with Crippen LogP contribution in [0.1, 0.15) is 19.3 Å². The number of urea groups is 1. The van der Waals surface area contributed by atoms with E-state index in [1.54, 1.807) is 23.1 Å². The molecule has 2 aromatic rings. The van der Waals surface area contributed by atoms with Crippen molar-refractivity contribution in [2.24, 2.45) is 0 Å². The van der Waals surface area contributed by atoms with E-state index in [1.807, 2.05) is 14.1 Å². The first-order valence-corrected chi connectivity index (χ1v) is 7.30. The second kappa shape index (κ2) is 5.49. The van der Waals surface area contributed by atoms with Crippen LogP contribution >= 0.6 is 0 Å². The fourth-order valence-electron chi connectivity index (χ4n) is 2.37. The summed E-state index contributed by atoms with van der Waals surface area (Å²) in [5.74, 6) is 0. The van der Waals surface area contributed by atoms with E-state index < -0.39 is 5.60 Å². The van der Waals surface area contributed by atoms with Crippen LogP contribution in [-0.2, 0) is 0 Å². The molecule has 0 saturated heterocycles. The average Bonchev–Trinajstić information content (AvgIpc) is 2.86. The van der Waals surface area contributed by atoms with Gasteiger partial charge in [-0.1, -0.05) is 0 Å². The van der Waals surface area contributed by atoms with E-state index in [0.717, 1.165) is 19.3 Å². The molecule has 1 aliphatic carbocycles. The normalized spacial score (nSPS) is 16.1. The molecule has 7 nitrogen and oxygen atoms in total. The van der Waals surface area contributed by atoms with Crippen LogP contribution in [0.5, 0.6) is 0 Å². The number of benzene rings is 1. The van der Waals surface area contributed by atoms with E-state index in [0.29, 0.717) is 22.8 Å². The number of hydrogen-bond donors (Lipinski definition) is 3.